The lowest BCUT2D eigenvalue weighted by Gasteiger charge is -2.27. The summed E-state index contributed by atoms with van der Waals surface area (Å²) in [5, 5.41) is 3.24. The van der Waals surface area contributed by atoms with Crippen molar-refractivity contribution in [3.8, 4) is 6.01 Å². The molecule has 18 heavy (non-hydrogen) atoms. The zero-order valence-corrected chi connectivity index (χ0v) is 10.5. The Balaban J connectivity index is 2.07. The highest BCUT2D eigenvalue weighted by atomic mass is 16.5. The summed E-state index contributed by atoms with van der Waals surface area (Å²) in [4.78, 5) is 12.2. The molecule has 0 bridgehead atoms. The van der Waals surface area contributed by atoms with Crippen LogP contribution in [0.3, 0.4) is 0 Å². The molecule has 2 rings (SSSR count). The zero-order valence-electron chi connectivity index (χ0n) is 10.5. The summed E-state index contributed by atoms with van der Waals surface area (Å²) in [6.45, 7) is 2.79. The van der Waals surface area contributed by atoms with Crippen molar-refractivity contribution in [3.05, 3.63) is 0 Å². The van der Waals surface area contributed by atoms with Crippen LogP contribution in [0, 0.1) is 0 Å². The summed E-state index contributed by atoms with van der Waals surface area (Å²) in [7, 11) is 1.50. The Bertz CT molecular complexity index is 380. The molecule has 1 fully saturated rings. The van der Waals surface area contributed by atoms with Crippen LogP contribution in [0.2, 0.25) is 0 Å². The summed E-state index contributed by atoms with van der Waals surface area (Å²) in [5.41, 5.74) is 2.38. The predicted octanol–water partition coefficient (Wildman–Crippen LogP) is 0.145. The molecular formula is C10H18N6O2. The Kier molecular flexibility index (Phi) is 4.11. The van der Waals surface area contributed by atoms with E-state index in [1.807, 2.05) is 0 Å². The molecule has 0 radical (unpaired) electrons. The number of hydrogen-bond donors (Lipinski definition) is 3. The van der Waals surface area contributed by atoms with Crippen LogP contribution in [0.4, 0.5) is 11.9 Å². The highest BCUT2D eigenvalue weighted by Gasteiger charge is 2.20. The predicted molar refractivity (Wildman–Crippen MR) is 66.2 cm³/mol. The number of aromatic nitrogens is 3. The first-order valence-electron chi connectivity index (χ1n) is 5.86. The number of hydrazine groups is 1. The minimum Gasteiger partial charge on any atom is -0.467 e. The van der Waals surface area contributed by atoms with E-state index >= 15 is 0 Å². The third-order valence-electron chi connectivity index (χ3n) is 2.74. The van der Waals surface area contributed by atoms with Gasteiger partial charge in [-0.15, -0.1) is 0 Å². The SMILES string of the molecule is COc1nc(NN)nc(NC2CCOC(C)C2)n1. The van der Waals surface area contributed by atoms with Crippen LogP contribution < -0.4 is 21.3 Å². The van der Waals surface area contributed by atoms with Crippen LogP contribution in [0.15, 0.2) is 0 Å². The fourth-order valence-corrected chi connectivity index (χ4v) is 1.89. The van der Waals surface area contributed by atoms with E-state index in [9.17, 15) is 0 Å². The average Bonchev–Trinajstić information content (AvgIpc) is 2.38. The van der Waals surface area contributed by atoms with Crippen molar-refractivity contribution in [1.29, 1.82) is 0 Å². The first kappa shape index (κ1) is 12.8. The van der Waals surface area contributed by atoms with Crippen LogP contribution >= 0.6 is 0 Å². The average molecular weight is 254 g/mol. The Morgan fingerprint density at radius 2 is 2.11 bits per heavy atom. The van der Waals surface area contributed by atoms with Gasteiger partial charge in [0.15, 0.2) is 0 Å². The van der Waals surface area contributed by atoms with Gasteiger partial charge in [-0.05, 0) is 19.8 Å². The largest absolute Gasteiger partial charge is 0.467 e. The standard InChI is InChI=1S/C10H18N6O2/c1-6-5-7(3-4-18-6)12-8-13-9(16-11)15-10(14-8)17-2/h6-7H,3-5,11H2,1-2H3,(H2,12,13,14,15,16). The lowest BCUT2D eigenvalue weighted by molar-refractivity contribution is 0.0231. The second kappa shape index (κ2) is 5.78. The lowest BCUT2D eigenvalue weighted by Crippen LogP contribution is -2.33. The van der Waals surface area contributed by atoms with Crippen molar-refractivity contribution < 1.29 is 9.47 Å². The van der Waals surface area contributed by atoms with E-state index in [0.717, 1.165) is 19.4 Å². The van der Waals surface area contributed by atoms with Gasteiger partial charge in [0, 0.05) is 12.6 Å². The summed E-state index contributed by atoms with van der Waals surface area (Å²) >= 11 is 0. The molecule has 0 spiro atoms. The molecule has 0 saturated carbocycles. The number of ether oxygens (including phenoxy) is 2. The van der Waals surface area contributed by atoms with E-state index in [1.165, 1.54) is 7.11 Å². The molecule has 1 aliphatic rings. The lowest BCUT2D eigenvalue weighted by atomic mass is 10.0. The first-order chi connectivity index (χ1) is 8.71. The minimum atomic E-state index is 0.223. The smallest absolute Gasteiger partial charge is 0.322 e. The Morgan fingerprint density at radius 3 is 2.78 bits per heavy atom. The van der Waals surface area contributed by atoms with E-state index in [2.05, 4.69) is 32.6 Å². The van der Waals surface area contributed by atoms with Crippen LogP contribution in [0.1, 0.15) is 19.8 Å². The van der Waals surface area contributed by atoms with E-state index in [-0.39, 0.29) is 24.1 Å². The van der Waals surface area contributed by atoms with E-state index in [4.69, 9.17) is 15.3 Å². The molecule has 2 unspecified atom stereocenters. The third kappa shape index (κ3) is 3.17. The number of hydrogen-bond acceptors (Lipinski definition) is 8. The molecule has 1 saturated heterocycles. The quantitative estimate of drug-likeness (QED) is 0.514. The van der Waals surface area contributed by atoms with Gasteiger partial charge in [-0.25, -0.2) is 5.84 Å². The summed E-state index contributed by atoms with van der Waals surface area (Å²) in [6, 6.07) is 0.507. The van der Waals surface area contributed by atoms with Gasteiger partial charge in [0.2, 0.25) is 11.9 Å². The van der Waals surface area contributed by atoms with Crippen molar-refractivity contribution in [3.63, 3.8) is 0 Å². The number of nitrogens with one attached hydrogen (secondary N) is 2. The molecule has 8 heteroatoms. The topological polar surface area (TPSA) is 107 Å². The number of rotatable bonds is 4. The molecule has 0 amide bonds. The highest BCUT2D eigenvalue weighted by molar-refractivity contribution is 5.35. The minimum absolute atomic E-state index is 0.223. The van der Waals surface area contributed by atoms with E-state index in [0.29, 0.717) is 5.95 Å². The van der Waals surface area contributed by atoms with E-state index < -0.39 is 0 Å². The third-order valence-corrected chi connectivity index (χ3v) is 2.74. The molecule has 2 heterocycles. The number of anilines is 2. The zero-order chi connectivity index (χ0) is 13.0. The Hall–Kier alpha value is -1.67. The van der Waals surface area contributed by atoms with Crippen LogP contribution in [0.25, 0.3) is 0 Å². The second-order valence-electron chi connectivity index (χ2n) is 4.16. The van der Waals surface area contributed by atoms with Crippen molar-refractivity contribution in [2.75, 3.05) is 24.5 Å². The first-order valence-corrected chi connectivity index (χ1v) is 5.86. The van der Waals surface area contributed by atoms with Crippen molar-refractivity contribution >= 4 is 11.9 Å². The molecule has 1 aromatic heterocycles. The molecule has 0 aromatic carbocycles. The monoisotopic (exact) mass is 254 g/mol. The molecule has 1 aliphatic heterocycles. The van der Waals surface area contributed by atoms with Crippen LogP contribution in [-0.2, 0) is 4.74 Å². The van der Waals surface area contributed by atoms with Crippen molar-refractivity contribution in [2.24, 2.45) is 5.84 Å². The Labute approximate surface area is 105 Å². The van der Waals surface area contributed by atoms with Gasteiger partial charge >= 0.3 is 6.01 Å². The van der Waals surface area contributed by atoms with Crippen LogP contribution in [-0.4, -0.2) is 40.8 Å². The highest BCUT2D eigenvalue weighted by Crippen LogP contribution is 2.18. The second-order valence-corrected chi connectivity index (χ2v) is 4.16. The number of nitrogens with two attached hydrogens (primary N) is 1. The maximum atomic E-state index is 5.49. The molecule has 100 valence electrons. The van der Waals surface area contributed by atoms with Gasteiger partial charge in [0.05, 0.1) is 13.2 Å². The van der Waals surface area contributed by atoms with Crippen molar-refractivity contribution in [1.82, 2.24) is 15.0 Å². The summed E-state index contributed by atoms with van der Waals surface area (Å²) in [6.07, 6.45) is 2.08. The van der Waals surface area contributed by atoms with Gasteiger partial charge in [0.1, 0.15) is 0 Å². The maximum Gasteiger partial charge on any atom is 0.322 e. The molecule has 2 atom stereocenters. The van der Waals surface area contributed by atoms with E-state index in [1.54, 1.807) is 0 Å². The van der Waals surface area contributed by atoms with Crippen molar-refractivity contribution in [2.45, 2.75) is 31.9 Å². The summed E-state index contributed by atoms with van der Waals surface area (Å²) < 4.78 is 10.5. The Morgan fingerprint density at radius 1 is 1.33 bits per heavy atom. The normalized spacial score (nSPS) is 23.5. The fraction of sp³-hybridized carbons (Fsp3) is 0.700. The van der Waals surface area contributed by atoms with Gasteiger partial charge in [0.25, 0.3) is 0 Å². The number of nitrogen functional groups attached to an aromatic ring is 1. The maximum absolute atomic E-state index is 5.49. The molecular weight excluding hydrogens is 236 g/mol. The van der Waals surface area contributed by atoms with Gasteiger partial charge in [-0.3, -0.25) is 5.43 Å². The number of nitrogens with zero attached hydrogens (tertiary/aromatic N) is 3. The molecule has 4 N–H and O–H groups in total. The fourth-order valence-electron chi connectivity index (χ4n) is 1.89. The summed E-state index contributed by atoms with van der Waals surface area (Å²) in [5.74, 6) is 6.01. The van der Waals surface area contributed by atoms with Gasteiger partial charge in [-0.1, -0.05) is 0 Å². The van der Waals surface area contributed by atoms with Gasteiger partial charge in [-0.2, -0.15) is 15.0 Å². The molecule has 8 nitrogen and oxygen atoms in total. The van der Waals surface area contributed by atoms with Gasteiger partial charge < -0.3 is 14.8 Å². The van der Waals surface area contributed by atoms with Crippen LogP contribution in [0.5, 0.6) is 6.01 Å². The molecule has 0 aliphatic carbocycles. The number of methoxy groups -OCH3 is 1. The molecule has 1 aromatic rings.